The van der Waals surface area contributed by atoms with Gasteiger partial charge in [0.05, 0.1) is 24.9 Å². The average Bonchev–Trinajstić information content (AvgIpc) is 3.12. The number of aryl methyl sites for hydroxylation is 1. The monoisotopic (exact) mass is 342 g/mol. The van der Waals surface area contributed by atoms with Crippen LogP contribution in [0.4, 0.5) is 0 Å². The lowest BCUT2D eigenvalue weighted by Gasteiger charge is -2.36. The van der Waals surface area contributed by atoms with Gasteiger partial charge in [0.25, 0.3) is 5.91 Å². The molecule has 2 N–H and O–H groups in total. The number of imidazole rings is 1. The summed E-state index contributed by atoms with van der Waals surface area (Å²) in [4.78, 5) is 21.9. The van der Waals surface area contributed by atoms with E-state index in [9.17, 15) is 4.79 Å². The zero-order valence-corrected chi connectivity index (χ0v) is 14.9. The predicted octanol–water partition coefficient (Wildman–Crippen LogP) is 1.99. The number of carbonyl (C=O) groups excluding carboxylic acids is 1. The van der Waals surface area contributed by atoms with E-state index < -0.39 is 0 Å². The zero-order valence-electron chi connectivity index (χ0n) is 14.9. The molecule has 1 aliphatic rings. The maximum absolute atomic E-state index is 12.3. The van der Waals surface area contributed by atoms with Crippen LogP contribution in [0.25, 0.3) is 0 Å². The first-order valence-electron chi connectivity index (χ1n) is 8.88. The lowest BCUT2D eigenvalue weighted by Crippen LogP contribution is -2.52. The number of nitrogens with zero attached hydrogens (tertiary/aromatic N) is 2. The van der Waals surface area contributed by atoms with Crippen molar-refractivity contribution in [1.82, 2.24) is 20.2 Å². The Morgan fingerprint density at radius 2 is 2.24 bits per heavy atom. The Labute approximate surface area is 148 Å². The second-order valence-electron chi connectivity index (χ2n) is 6.49. The van der Waals surface area contributed by atoms with Crippen molar-refractivity contribution in [2.75, 3.05) is 19.7 Å². The minimum absolute atomic E-state index is 0.0185. The van der Waals surface area contributed by atoms with Crippen LogP contribution in [0.3, 0.4) is 0 Å². The lowest BCUT2D eigenvalue weighted by atomic mass is 10.1. The van der Waals surface area contributed by atoms with Gasteiger partial charge in [-0.15, -0.1) is 0 Å². The van der Waals surface area contributed by atoms with Crippen LogP contribution in [0.15, 0.2) is 36.5 Å². The van der Waals surface area contributed by atoms with E-state index in [1.807, 2.05) is 19.9 Å². The van der Waals surface area contributed by atoms with E-state index in [0.29, 0.717) is 12.3 Å². The van der Waals surface area contributed by atoms with Crippen LogP contribution in [0.5, 0.6) is 0 Å². The van der Waals surface area contributed by atoms with Crippen LogP contribution >= 0.6 is 0 Å². The van der Waals surface area contributed by atoms with Gasteiger partial charge in [-0.3, -0.25) is 9.69 Å². The molecule has 1 amide bonds. The van der Waals surface area contributed by atoms with E-state index in [0.717, 1.165) is 31.9 Å². The summed E-state index contributed by atoms with van der Waals surface area (Å²) in [6.07, 6.45) is 2.35. The number of benzene rings is 1. The highest BCUT2D eigenvalue weighted by atomic mass is 16.5. The minimum Gasteiger partial charge on any atom is -0.373 e. The summed E-state index contributed by atoms with van der Waals surface area (Å²) >= 11 is 0. The second-order valence-corrected chi connectivity index (χ2v) is 6.49. The molecule has 1 aromatic heterocycles. The highest BCUT2D eigenvalue weighted by molar-refractivity contribution is 5.92. The number of nitrogens with one attached hydrogen (secondary N) is 2. The van der Waals surface area contributed by atoms with Crippen LogP contribution in [-0.2, 0) is 17.7 Å². The quantitative estimate of drug-likeness (QED) is 0.842. The van der Waals surface area contributed by atoms with Gasteiger partial charge in [0, 0.05) is 26.1 Å². The van der Waals surface area contributed by atoms with Gasteiger partial charge in [-0.25, -0.2) is 4.98 Å². The molecule has 3 rings (SSSR count). The van der Waals surface area contributed by atoms with Gasteiger partial charge >= 0.3 is 0 Å². The van der Waals surface area contributed by atoms with Gasteiger partial charge in [0.2, 0.25) is 0 Å². The molecule has 0 aliphatic carbocycles. The van der Waals surface area contributed by atoms with Crippen molar-refractivity contribution in [2.45, 2.75) is 39.0 Å². The summed E-state index contributed by atoms with van der Waals surface area (Å²) in [7, 11) is 0. The third kappa shape index (κ3) is 4.67. The van der Waals surface area contributed by atoms with E-state index in [1.165, 1.54) is 5.56 Å². The van der Waals surface area contributed by atoms with E-state index in [-0.39, 0.29) is 18.1 Å². The number of aromatic amines is 1. The number of morpholine rings is 1. The number of H-pyrrole nitrogens is 1. The zero-order chi connectivity index (χ0) is 17.6. The summed E-state index contributed by atoms with van der Waals surface area (Å²) in [6, 6.07) is 10.4. The SMILES string of the molecule is CCc1ncc(C(=O)NC(C)C2CN(Cc3ccccc3)CCO2)[nH]1. The van der Waals surface area contributed by atoms with Crippen molar-refractivity contribution in [3.63, 3.8) is 0 Å². The molecule has 2 unspecified atom stereocenters. The van der Waals surface area contributed by atoms with Crippen LogP contribution in [-0.4, -0.2) is 52.6 Å². The topological polar surface area (TPSA) is 70.2 Å². The van der Waals surface area contributed by atoms with Crippen molar-refractivity contribution < 1.29 is 9.53 Å². The fraction of sp³-hybridized carbons (Fsp3) is 0.474. The molecule has 0 bridgehead atoms. The number of rotatable bonds is 6. The minimum atomic E-state index is -0.136. The molecule has 6 heteroatoms. The van der Waals surface area contributed by atoms with E-state index in [1.54, 1.807) is 6.20 Å². The molecular formula is C19H26N4O2. The molecule has 0 saturated carbocycles. The van der Waals surface area contributed by atoms with Gasteiger partial charge in [0.15, 0.2) is 0 Å². The lowest BCUT2D eigenvalue weighted by molar-refractivity contribution is -0.0449. The number of carbonyl (C=O) groups is 1. The van der Waals surface area contributed by atoms with Gasteiger partial charge in [-0.05, 0) is 12.5 Å². The van der Waals surface area contributed by atoms with Gasteiger partial charge in [0.1, 0.15) is 11.5 Å². The normalized spacial score (nSPS) is 19.5. The fourth-order valence-corrected chi connectivity index (χ4v) is 3.05. The van der Waals surface area contributed by atoms with Gasteiger partial charge in [-0.2, -0.15) is 0 Å². The third-order valence-corrected chi connectivity index (χ3v) is 4.55. The van der Waals surface area contributed by atoms with Gasteiger partial charge in [-0.1, -0.05) is 37.3 Å². The van der Waals surface area contributed by atoms with Crippen molar-refractivity contribution >= 4 is 5.91 Å². The van der Waals surface area contributed by atoms with Crippen molar-refractivity contribution in [2.24, 2.45) is 0 Å². The largest absolute Gasteiger partial charge is 0.373 e. The van der Waals surface area contributed by atoms with Gasteiger partial charge < -0.3 is 15.0 Å². The molecule has 1 fully saturated rings. The van der Waals surface area contributed by atoms with Crippen LogP contribution in [0.2, 0.25) is 0 Å². The van der Waals surface area contributed by atoms with E-state index in [4.69, 9.17) is 4.74 Å². The summed E-state index contributed by atoms with van der Waals surface area (Å²) < 4.78 is 5.89. The number of amides is 1. The number of hydrogen-bond acceptors (Lipinski definition) is 4. The highest BCUT2D eigenvalue weighted by Crippen LogP contribution is 2.13. The standard InChI is InChI=1S/C19H26N4O2/c1-3-18-20-11-16(22-18)19(24)21-14(2)17-13-23(9-10-25-17)12-15-7-5-4-6-8-15/h4-8,11,14,17H,3,9-10,12-13H2,1-2H3,(H,20,22)(H,21,24). The van der Waals surface area contributed by atoms with Crippen molar-refractivity contribution in [3.05, 3.63) is 53.6 Å². The smallest absolute Gasteiger partial charge is 0.269 e. The van der Waals surface area contributed by atoms with Crippen molar-refractivity contribution in [3.8, 4) is 0 Å². The van der Waals surface area contributed by atoms with Crippen molar-refractivity contribution in [1.29, 1.82) is 0 Å². The molecule has 1 saturated heterocycles. The Morgan fingerprint density at radius 3 is 2.96 bits per heavy atom. The summed E-state index contributed by atoms with van der Waals surface area (Å²) in [5.74, 6) is 0.684. The molecule has 6 nitrogen and oxygen atoms in total. The highest BCUT2D eigenvalue weighted by Gasteiger charge is 2.27. The maximum Gasteiger partial charge on any atom is 0.269 e. The molecule has 25 heavy (non-hydrogen) atoms. The number of ether oxygens (including phenoxy) is 1. The Hall–Kier alpha value is -2.18. The Bertz CT molecular complexity index is 686. The molecule has 2 atom stereocenters. The van der Waals surface area contributed by atoms with Crippen LogP contribution in [0, 0.1) is 0 Å². The Balaban J connectivity index is 1.54. The first-order chi connectivity index (χ1) is 12.2. The molecule has 1 aromatic carbocycles. The Morgan fingerprint density at radius 1 is 1.44 bits per heavy atom. The molecule has 1 aliphatic heterocycles. The average molecular weight is 342 g/mol. The van der Waals surface area contributed by atoms with E-state index >= 15 is 0 Å². The Kier molecular flexibility index (Phi) is 5.83. The molecular weight excluding hydrogens is 316 g/mol. The second kappa shape index (κ2) is 8.27. The van der Waals surface area contributed by atoms with Crippen LogP contribution in [0.1, 0.15) is 35.7 Å². The molecule has 2 aromatic rings. The van der Waals surface area contributed by atoms with Crippen LogP contribution < -0.4 is 5.32 Å². The summed E-state index contributed by atoms with van der Waals surface area (Å²) in [5.41, 5.74) is 1.80. The summed E-state index contributed by atoms with van der Waals surface area (Å²) in [5, 5.41) is 3.03. The molecule has 0 radical (unpaired) electrons. The predicted molar refractivity (Wildman–Crippen MR) is 96.4 cm³/mol. The fourth-order valence-electron chi connectivity index (χ4n) is 3.05. The molecule has 2 heterocycles. The number of hydrogen-bond donors (Lipinski definition) is 2. The summed E-state index contributed by atoms with van der Waals surface area (Å²) in [6.45, 7) is 7.29. The first-order valence-corrected chi connectivity index (χ1v) is 8.88. The number of aromatic nitrogens is 2. The maximum atomic E-state index is 12.3. The first kappa shape index (κ1) is 17.6. The third-order valence-electron chi connectivity index (χ3n) is 4.55. The molecule has 134 valence electrons. The van der Waals surface area contributed by atoms with E-state index in [2.05, 4.69) is 44.5 Å². The molecule has 0 spiro atoms.